The maximum Gasteiger partial charge on any atom is 0.407 e. The van der Waals surface area contributed by atoms with Gasteiger partial charge in [0.25, 0.3) is 0 Å². The molecule has 0 saturated carbocycles. The van der Waals surface area contributed by atoms with Crippen LogP contribution in [0.1, 0.15) is 6.92 Å². The molecule has 2 unspecified atom stereocenters. The molecule has 0 spiro atoms. The van der Waals surface area contributed by atoms with Crippen LogP contribution in [0.3, 0.4) is 0 Å². The van der Waals surface area contributed by atoms with Gasteiger partial charge in [-0.25, -0.2) is 13.2 Å². The second-order valence-corrected chi connectivity index (χ2v) is 5.37. The lowest BCUT2D eigenvalue weighted by molar-refractivity contribution is 0.148. The molecule has 0 radical (unpaired) electrons. The number of hydrogen-bond donors (Lipinski definition) is 2. The zero-order chi connectivity index (χ0) is 10.8. The molecular weight excluding hydrogens is 208 g/mol. The maximum absolute atomic E-state index is 11.1. The van der Waals surface area contributed by atoms with Crippen molar-refractivity contribution in [1.82, 2.24) is 5.32 Å². The van der Waals surface area contributed by atoms with Gasteiger partial charge in [0.15, 0.2) is 9.84 Å². The Labute approximate surface area is 82.7 Å². The van der Waals surface area contributed by atoms with Crippen LogP contribution in [0.25, 0.3) is 0 Å². The van der Waals surface area contributed by atoms with Crippen molar-refractivity contribution in [2.24, 2.45) is 5.73 Å². The highest BCUT2D eigenvalue weighted by molar-refractivity contribution is 7.91. The largest absolute Gasteiger partial charge is 0.450 e. The van der Waals surface area contributed by atoms with E-state index in [1.807, 2.05) is 0 Å². The number of carbonyl (C=O) groups is 1. The summed E-state index contributed by atoms with van der Waals surface area (Å²) in [6.07, 6.45) is -0.620. The molecule has 1 aliphatic heterocycles. The highest BCUT2D eigenvalue weighted by Crippen LogP contribution is 2.10. The van der Waals surface area contributed by atoms with E-state index in [2.05, 4.69) is 10.1 Å². The van der Waals surface area contributed by atoms with E-state index in [4.69, 9.17) is 5.73 Å². The molecule has 1 heterocycles. The summed E-state index contributed by atoms with van der Waals surface area (Å²) in [7, 11) is -3.10. The van der Waals surface area contributed by atoms with Crippen molar-refractivity contribution in [2.75, 3.05) is 18.1 Å². The summed E-state index contributed by atoms with van der Waals surface area (Å²) in [6.45, 7) is 1.92. The second kappa shape index (κ2) is 4.14. The monoisotopic (exact) mass is 222 g/mol. The van der Waals surface area contributed by atoms with Crippen LogP contribution < -0.4 is 11.1 Å². The van der Waals surface area contributed by atoms with Gasteiger partial charge in [0.2, 0.25) is 0 Å². The second-order valence-electron chi connectivity index (χ2n) is 3.21. The van der Waals surface area contributed by atoms with E-state index in [0.717, 1.165) is 0 Å². The zero-order valence-corrected chi connectivity index (χ0v) is 8.71. The summed E-state index contributed by atoms with van der Waals surface area (Å²) in [4.78, 5) is 11.0. The molecule has 14 heavy (non-hydrogen) atoms. The fraction of sp³-hybridized carbons (Fsp3) is 0.857. The van der Waals surface area contributed by atoms with Gasteiger partial charge in [0.05, 0.1) is 24.2 Å². The van der Waals surface area contributed by atoms with Crippen LogP contribution in [-0.2, 0) is 14.6 Å². The molecule has 1 saturated heterocycles. The maximum atomic E-state index is 11.1. The quantitative estimate of drug-likeness (QED) is 0.615. The molecule has 0 aromatic rings. The van der Waals surface area contributed by atoms with Crippen molar-refractivity contribution < 1.29 is 17.9 Å². The third kappa shape index (κ3) is 2.85. The number of carbonyl (C=O) groups excluding carboxylic acids is 1. The highest BCUT2D eigenvalue weighted by Gasteiger charge is 2.36. The van der Waals surface area contributed by atoms with Gasteiger partial charge in [0, 0.05) is 6.04 Å². The van der Waals surface area contributed by atoms with E-state index in [1.54, 1.807) is 6.92 Å². The van der Waals surface area contributed by atoms with Crippen molar-refractivity contribution in [2.45, 2.75) is 19.0 Å². The van der Waals surface area contributed by atoms with Crippen LogP contribution in [-0.4, -0.2) is 44.7 Å². The molecule has 1 fully saturated rings. The number of sulfone groups is 1. The minimum absolute atomic E-state index is 0.0793. The molecule has 1 amide bonds. The summed E-state index contributed by atoms with van der Waals surface area (Å²) in [5.41, 5.74) is 5.55. The lowest BCUT2D eigenvalue weighted by Gasteiger charge is -2.14. The van der Waals surface area contributed by atoms with Gasteiger partial charge in [-0.05, 0) is 6.92 Å². The first-order chi connectivity index (χ1) is 6.44. The molecule has 6 nitrogen and oxygen atoms in total. The third-order valence-corrected chi connectivity index (χ3v) is 3.74. The number of nitrogens with one attached hydrogen (secondary N) is 1. The Morgan fingerprint density at radius 3 is 2.64 bits per heavy atom. The van der Waals surface area contributed by atoms with Gasteiger partial charge in [0.1, 0.15) is 0 Å². The van der Waals surface area contributed by atoms with Gasteiger partial charge >= 0.3 is 6.09 Å². The van der Waals surface area contributed by atoms with Crippen molar-refractivity contribution in [3.05, 3.63) is 0 Å². The molecule has 82 valence electrons. The van der Waals surface area contributed by atoms with E-state index in [1.165, 1.54) is 0 Å². The number of alkyl carbamates (subject to hydrolysis) is 1. The van der Waals surface area contributed by atoms with Crippen molar-refractivity contribution in [1.29, 1.82) is 0 Å². The zero-order valence-electron chi connectivity index (χ0n) is 7.89. The lowest BCUT2D eigenvalue weighted by atomic mass is 10.2. The molecule has 0 bridgehead atoms. The molecule has 1 aliphatic rings. The lowest BCUT2D eigenvalue weighted by Crippen LogP contribution is -2.46. The molecule has 2 atom stereocenters. The van der Waals surface area contributed by atoms with Crippen LogP contribution in [0.2, 0.25) is 0 Å². The van der Waals surface area contributed by atoms with E-state index >= 15 is 0 Å². The first-order valence-corrected chi connectivity index (χ1v) is 6.16. The SMILES string of the molecule is CCOC(=O)NC1CS(=O)(=O)CC1N. The molecular formula is C7H14N2O4S. The van der Waals surface area contributed by atoms with Gasteiger partial charge in [-0.3, -0.25) is 0 Å². The van der Waals surface area contributed by atoms with E-state index in [9.17, 15) is 13.2 Å². The summed E-state index contributed by atoms with van der Waals surface area (Å²) < 4.78 is 26.9. The van der Waals surface area contributed by atoms with Crippen LogP contribution in [0.15, 0.2) is 0 Å². The van der Waals surface area contributed by atoms with Gasteiger partial charge < -0.3 is 15.8 Å². The van der Waals surface area contributed by atoms with Crippen LogP contribution in [0, 0.1) is 0 Å². The van der Waals surface area contributed by atoms with Crippen LogP contribution in [0.5, 0.6) is 0 Å². The third-order valence-electron chi connectivity index (χ3n) is 1.98. The molecule has 0 aromatic heterocycles. The van der Waals surface area contributed by atoms with Gasteiger partial charge in [-0.15, -0.1) is 0 Å². The fourth-order valence-corrected chi connectivity index (χ4v) is 3.18. The van der Waals surface area contributed by atoms with E-state index in [0.29, 0.717) is 0 Å². The average Bonchev–Trinajstić information content (AvgIpc) is 2.25. The summed E-state index contributed by atoms with van der Waals surface area (Å²) in [6, 6.07) is -1.07. The number of ether oxygens (including phenoxy) is 1. The highest BCUT2D eigenvalue weighted by atomic mass is 32.2. The minimum Gasteiger partial charge on any atom is -0.450 e. The first kappa shape index (κ1) is 11.3. The van der Waals surface area contributed by atoms with Crippen LogP contribution >= 0.6 is 0 Å². The Morgan fingerprint density at radius 1 is 1.57 bits per heavy atom. The Hall–Kier alpha value is -0.820. The standard InChI is InChI=1S/C7H14N2O4S/c1-2-13-7(10)9-6-4-14(11,12)3-5(6)8/h5-6H,2-4,8H2,1H3,(H,9,10). The summed E-state index contributed by atoms with van der Waals surface area (Å²) in [5, 5.41) is 2.42. The van der Waals surface area contributed by atoms with Crippen molar-refractivity contribution in [3.8, 4) is 0 Å². The topological polar surface area (TPSA) is 98.5 Å². The summed E-state index contributed by atoms with van der Waals surface area (Å²) >= 11 is 0. The van der Waals surface area contributed by atoms with Crippen LogP contribution in [0.4, 0.5) is 4.79 Å². The molecule has 3 N–H and O–H groups in total. The number of amides is 1. The Morgan fingerprint density at radius 2 is 2.21 bits per heavy atom. The summed E-state index contributed by atoms with van der Waals surface area (Å²) in [5.74, 6) is -0.183. The van der Waals surface area contributed by atoms with Gasteiger partial charge in [-0.1, -0.05) is 0 Å². The Balaban J connectivity index is 2.51. The number of hydrogen-bond acceptors (Lipinski definition) is 5. The fourth-order valence-electron chi connectivity index (χ4n) is 1.35. The number of nitrogens with two attached hydrogens (primary N) is 1. The molecule has 1 rings (SSSR count). The van der Waals surface area contributed by atoms with E-state index < -0.39 is 28.0 Å². The first-order valence-electron chi connectivity index (χ1n) is 4.34. The molecule has 0 aliphatic carbocycles. The van der Waals surface area contributed by atoms with E-state index in [-0.39, 0.29) is 18.1 Å². The predicted molar refractivity (Wildman–Crippen MR) is 50.6 cm³/mol. The van der Waals surface area contributed by atoms with Gasteiger partial charge in [-0.2, -0.15) is 0 Å². The average molecular weight is 222 g/mol. The minimum atomic E-state index is -3.10. The Bertz CT molecular complexity index is 314. The van der Waals surface area contributed by atoms with Crippen molar-refractivity contribution >= 4 is 15.9 Å². The smallest absolute Gasteiger partial charge is 0.407 e. The normalized spacial score (nSPS) is 29.9. The molecule has 7 heteroatoms. The predicted octanol–water partition coefficient (Wildman–Crippen LogP) is -1.14. The molecule has 0 aromatic carbocycles. The van der Waals surface area contributed by atoms with Crippen molar-refractivity contribution in [3.63, 3.8) is 0 Å². The number of rotatable bonds is 2. The Kier molecular flexibility index (Phi) is 3.33.